The van der Waals surface area contributed by atoms with Gasteiger partial charge in [-0.2, -0.15) is 4.98 Å². The zero-order valence-electron chi connectivity index (χ0n) is 10.4. The van der Waals surface area contributed by atoms with Crippen LogP contribution in [0.25, 0.3) is 0 Å². The van der Waals surface area contributed by atoms with Gasteiger partial charge in [-0.25, -0.2) is 0 Å². The normalized spacial score (nSPS) is 10.3. The van der Waals surface area contributed by atoms with Gasteiger partial charge >= 0.3 is 0 Å². The van der Waals surface area contributed by atoms with Crippen LogP contribution in [0, 0.1) is 6.92 Å². The number of nitrogens with zero attached hydrogens (tertiary/aromatic N) is 2. The van der Waals surface area contributed by atoms with Crippen LogP contribution >= 0.6 is 0 Å². The van der Waals surface area contributed by atoms with Crippen molar-refractivity contribution < 1.29 is 9.32 Å². The second-order valence-corrected chi connectivity index (χ2v) is 4.01. The van der Waals surface area contributed by atoms with E-state index in [-0.39, 0.29) is 12.5 Å². The number of aromatic nitrogens is 2. The van der Waals surface area contributed by atoms with Gasteiger partial charge in [0.1, 0.15) is 0 Å². The molecule has 1 N–H and O–H groups in total. The highest BCUT2D eigenvalue weighted by atomic mass is 16.5. The average Bonchev–Trinajstić information content (AvgIpc) is 2.85. The highest BCUT2D eigenvalue weighted by Gasteiger charge is 2.08. The molecule has 2 aromatic rings. The van der Waals surface area contributed by atoms with Gasteiger partial charge in [0.05, 0.1) is 6.54 Å². The van der Waals surface area contributed by atoms with Crippen LogP contribution in [-0.2, 0) is 13.0 Å². The first-order chi connectivity index (χ1) is 8.69. The Kier molecular flexibility index (Phi) is 3.72. The van der Waals surface area contributed by atoms with Crippen LogP contribution < -0.4 is 5.32 Å². The molecular formula is C13H15N3O2. The van der Waals surface area contributed by atoms with Crippen molar-refractivity contribution in [1.29, 1.82) is 0 Å². The Morgan fingerprint density at radius 3 is 2.67 bits per heavy atom. The standard InChI is InChI=1S/C13H15N3O2/c1-3-12-15-11(16-18-12)8-14-13(17)10-6-4-9(2)5-7-10/h4-7H,3,8H2,1-2H3,(H,14,17). The number of hydrogen-bond acceptors (Lipinski definition) is 4. The minimum atomic E-state index is -0.141. The summed E-state index contributed by atoms with van der Waals surface area (Å²) < 4.78 is 4.96. The van der Waals surface area contributed by atoms with E-state index >= 15 is 0 Å². The summed E-state index contributed by atoms with van der Waals surface area (Å²) in [6.45, 7) is 4.19. The van der Waals surface area contributed by atoms with Gasteiger partial charge in [-0.15, -0.1) is 0 Å². The molecular weight excluding hydrogens is 230 g/mol. The van der Waals surface area contributed by atoms with Crippen molar-refractivity contribution in [2.75, 3.05) is 0 Å². The first-order valence-corrected chi connectivity index (χ1v) is 5.85. The number of amides is 1. The van der Waals surface area contributed by atoms with Gasteiger partial charge in [-0.3, -0.25) is 4.79 Å². The van der Waals surface area contributed by atoms with E-state index in [2.05, 4.69) is 15.5 Å². The van der Waals surface area contributed by atoms with Gasteiger partial charge in [0.25, 0.3) is 5.91 Å². The summed E-state index contributed by atoms with van der Waals surface area (Å²) in [5.74, 6) is 0.930. The van der Waals surface area contributed by atoms with Crippen LogP contribution in [0.2, 0.25) is 0 Å². The molecule has 5 nitrogen and oxygen atoms in total. The second-order valence-electron chi connectivity index (χ2n) is 4.01. The summed E-state index contributed by atoms with van der Waals surface area (Å²) in [6.07, 6.45) is 0.693. The SMILES string of the molecule is CCc1nc(CNC(=O)c2ccc(C)cc2)no1. The van der Waals surface area contributed by atoms with E-state index < -0.39 is 0 Å². The summed E-state index contributed by atoms with van der Waals surface area (Å²) >= 11 is 0. The molecule has 0 atom stereocenters. The molecule has 1 aromatic carbocycles. The average molecular weight is 245 g/mol. The van der Waals surface area contributed by atoms with Crippen LogP contribution in [0.5, 0.6) is 0 Å². The molecule has 0 bridgehead atoms. The Balaban J connectivity index is 1.93. The zero-order valence-corrected chi connectivity index (χ0v) is 10.4. The van der Waals surface area contributed by atoms with Gasteiger partial charge in [-0.1, -0.05) is 29.8 Å². The van der Waals surface area contributed by atoms with Crippen molar-refractivity contribution in [2.24, 2.45) is 0 Å². The number of rotatable bonds is 4. The number of carbonyl (C=O) groups excluding carboxylic acids is 1. The van der Waals surface area contributed by atoms with Gasteiger partial charge in [0.2, 0.25) is 5.89 Å². The minimum absolute atomic E-state index is 0.141. The van der Waals surface area contributed by atoms with Crippen LogP contribution in [0.15, 0.2) is 28.8 Å². The predicted molar refractivity (Wildman–Crippen MR) is 66.0 cm³/mol. The third-order valence-corrected chi connectivity index (χ3v) is 2.53. The van der Waals surface area contributed by atoms with E-state index in [9.17, 15) is 4.79 Å². The second kappa shape index (κ2) is 5.44. The fourth-order valence-electron chi connectivity index (χ4n) is 1.47. The molecule has 18 heavy (non-hydrogen) atoms. The predicted octanol–water partition coefficient (Wildman–Crippen LogP) is 1.87. The lowest BCUT2D eigenvalue weighted by Gasteiger charge is -2.02. The van der Waals surface area contributed by atoms with E-state index in [1.807, 2.05) is 26.0 Å². The third kappa shape index (κ3) is 2.94. The molecule has 1 aromatic heterocycles. The van der Waals surface area contributed by atoms with Crippen LogP contribution in [-0.4, -0.2) is 16.0 Å². The molecule has 0 saturated carbocycles. The first kappa shape index (κ1) is 12.3. The van der Waals surface area contributed by atoms with E-state index in [0.717, 1.165) is 5.56 Å². The van der Waals surface area contributed by atoms with Crippen molar-refractivity contribution in [3.63, 3.8) is 0 Å². The Morgan fingerprint density at radius 1 is 1.33 bits per heavy atom. The molecule has 0 fully saturated rings. The van der Waals surface area contributed by atoms with Crippen molar-refractivity contribution in [1.82, 2.24) is 15.5 Å². The summed E-state index contributed by atoms with van der Waals surface area (Å²) in [5, 5.41) is 6.51. The molecule has 1 amide bonds. The fraction of sp³-hybridized carbons (Fsp3) is 0.308. The maximum absolute atomic E-state index is 11.8. The topological polar surface area (TPSA) is 68.0 Å². The maximum Gasteiger partial charge on any atom is 0.251 e. The number of benzene rings is 1. The van der Waals surface area contributed by atoms with E-state index in [4.69, 9.17) is 4.52 Å². The number of hydrogen-bond donors (Lipinski definition) is 1. The Labute approximate surface area is 105 Å². The molecule has 0 unspecified atom stereocenters. The van der Waals surface area contributed by atoms with Crippen molar-refractivity contribution in [2.45, 2.75) is 26.8 Å². The Morgan fingerprint density at radius 2 is 2.06 bits per heavy atom. The smallest absolute Gasteiger partial charge is 0.251 e. The van der Waals surface area contributed by atoms with E-state index in [0.29, 0.717) is 23.7 Å². The molecule has 0 spiro atoms. The number of aryl methyl sites for hydroxylation is 2. The largest absolute Gasteiger partial charge is 0.345 e. The van der Waals surface area contributed by atoms with Gasteiger partial charge in [0, 0.05) is 12.0 Å². The summed E-state index contributed by atoms with van der Waals surface area (Å²) in [4.78, 5) is 15.9. The van der Waals surface area contributed by atoms with Crippen molar-refractivity contribution in [3.05, 3.63) is 47.1 Å². The quantitative estimate of drug-likeness (QED) is 0.892. The highest BCUT2D eigenvalue weighted by Crippen LogP contribution is 2.03. The lowest BCUT2D eigenvalue weighted by Crippen LogP contribution is -2.23. The van der Waals surface area contributed by atoms with Crippen LogP contribution in [0.4, 0.5) is 0 Å². The summed E-state index contributed by atoms with van der Waals surface area (Å²) in [7, 11) is 0. The molecule has 2 rings (SSSR count). The lowest BCUT2D eigenvalue weighted by atomic mass is 10.1. The third-order valence-electron chi connectivity index (χ3n) is 2.53. The molecule has 0 aliphatic carbocycles. The Hall–Kier alpha value is -2.17. The van der Waals surface area contributed by atoms with Crippen molar-refractivity contribution >= 4 is 5.91 Å². The summed E-state index contributed by atoms with van der Waals surface area (Å²) in [5.41, 5.74) is 1.75. The van der Waals surface area contributed by atoms with E-state index in [1.54, 1.807) is 12.1 Å². The van der Waals surface area contributed by atoms with Gasteiger partial charge in [0.15, 0.2) is 5.82 Å². The Bertz CT molecular complexity index is 531. The maximum atomic E-state index is 11.8. The van der Waals surface area contributed by atoms with Gasteiger partial charge < -0.3 is 9.84 Å². The molecule has 0 radical (unpaired) electrons. The fourth-order valence-corrected chi connectivity index (χ4v) is 1.47. The van der Waals surface area contributed by atoms with Crippen LogP contribution in [0.1, 0.15) is 34.6 Å². The first-order valence-electron chi connectivity index (χ1n) is 5.85. The molecule has 0 aliphatic heterocycles. The molecule has 0 aliphatic rings. The number of carbonyl (C=O) groups is 1. The minimum Gasteiger partial charge on any atom is -0.345 e. The highest BCUT2D eigenvalue weighted by molar-refractivity contribution is 5.94. The van der Waals surface area contributed by atoms with Gasteiger partial charge in [-0.05, 0) is 19.1 Å². The number of nitrogens with one attached hydrogen (secondary N) is 1. The molecule has 0 saturated heterocycles. The molecule has 1 heterocycles. The van der Waals surface area contributed by atoms with Crippen LogP contribution in [0.3, 0.4) is 0 Å². The molecule has 94 valence electrons. The lowest BCUT2D eigenvalue weighted by molar-refractivity contribution is 0.0949. The van der Waals surface area contributed by atoms with E-state index in [1.165, 1.54) is 0 Å². The monoisotopic (exact) mass is 245 g/mol. The molecule has 5 heteroatoms. The zero-order chi connectivity index (χ0) is 13.0. The van der Waals surface area contributed by atoms with Crippen molar-refractivity contribution in [3.8, 4) is 0 Å². The summed E-state index contributed by atoms with van der Waals surface area (Å²) in [6, 6.07) is 7.38.